The predicted octanol–water partition coefficient (Wildman–Crippen LogP) is 3.04. The lowest BCUT2D eigenvalue weighted by atomic mass is 9.94. The second-order valence-electron chi connectivity index (χ2n) is 7.82. The molecular formula is C24H27N3O6. The summed E-state index contributed by atoms with van der Waals surface area (Å²) in [5.74, 6) is 1.19. The molecule has 2 aromatic carbocycles. The SMILES string of the molecule is COc1cc([C@@H]2c3c(-c4cc(C)ccc4O)n[nH]c3C(=O)N2CCCO)cc(OC)c1OC. The fourth-order valence-corrected chi connectivity index (χ4v) is 4.32. The quantitative estimate of drug-likeness (QED) is 0.480. The molecule has 174 valence electrons. The van der Waals surface area contributed by atoms with Gasteiger partial charge in [-0.3, -0.25) is 9.89 Å². The van der Waals surface area contributed by atoms with Crippen LogP contribution < -0.4 is 14.2 Å². The third-order valence-electron chi connectivity index (χ3n) is 5.83. The number of phenols is 1. The van der Waals surface area contributed by atoms with E-state index in [0.717, 1.165) is 11.1 Å². The van der Waals surface area contributed by atoms with Gasteiger partial charge in [-0.05, 0) is 43.2 Å². The minimum Gasteiger partial charge on any atom is -0.507 e. The van der Waals surface area contributed by atoms with Crippen LogP contribution in [0.3, 0.4) is 0 Å². The second-order valence-corrected chi connectivity index (χ2v) is 7.82. The van der Waals surface area contributed by atoms with Crippen LogP contribution in [0.1, 0.15) is 39.6 Å². The molecule has 3 aromatic rings. The molecule has 3 N–H and O–H groups in total. The van der Waals surface area contributed by atoms with E-state index in [1.807, 2.05) is 13.0 Å². The highest BCUT2D eigenvalue weighted by molar-refractivity contribution is 6.00. The molecule has 0 aliphatic carbocycles. The normalized spacial score (nSPS) is 15.0. The van der Waals surface area contributed by atoms with Gasteiger partial charge in [0.1, 0.15) is 17.1 Å². The van der Waals surface area contributed by atoms with E-state index in [2.05, 4.69) is 10.2 Å². The summed E-state index contributed by atoms with van der Waals surface area (Å²) in [5, 5.41) is 27.2. The number of aromatic amines is 1. The molecule has 0 saturated heterocycles. The van der Waals surface area contributed by atoms with Gasteiger partial charge in [0.05, 0.1) is 27.4 Å². The molecule has 2 heterocycles. The van der Waals surface area contributed by atoms with Gasteiger partial charge in [0.2, 0.25) is 5.75 Å². The summed E-state index contributed by atoms with van der Waals surface area (Å²) < 4.78 is 16.5. The molecule has 1 atom stereocenters. The first-order valence-corrected chi connectivity index (χ1v) is 10.5. The number of amides is 1. The largest absolute Gasteiger partial charge is 0.507 e. The first kappa shape index (κ1) is 22.5. The van der Waals surface area contributed by atoms with Crippen molar-refractivity contribution in [1.29, 1.82) is 0 Å². The highest BCUT2D eigenvalue weighted by atomic mass is 16.5. The lowest BCUT2D eigenvalue weighted by Crippen LogP contribution is -2.31. The Morgan fingerprint density at radius 1 is 1.09 bits per heavy atom. The Bertz CT molecular complexity index is 1160. The van der Waals surface area contributed by atoms with Crippen molar-refractivity contribution in [3.05, 3.63) is 52.7 Å². The van der Waals surface area contributed by atoms with Gasteiger partial charge in [-0.2, -0.15) is 5.10 Å². The van der Waals surface area contributed by atoms with Crippen molar-refractivity contribution in [3.63, 3.8) is 0 Å². The topological polar surface area (TPSA) is 117 Å². The number of aliphatic hydroxyl groups is 1. The number of phenolic OH excluding ortho intramolecular Hbond substituents is 1. The van der Waals surface area contributed by atoms with E-state index < -0.39 is 6.04 Å². The van der Waals surface area contributed by atoms with Gasteiger partial charge >= 0.3 is 0 Å². The highest BCUT2D eigenvalue weighted by Gasteiger charge is 2.43. The maximum atomic E-state index is 13.3. The Morgan fingerprint density at radius 2 is 1.79 bits per heavy atom. The second kappa shape index (κ2) is 9.03. The van der Waals surface area contributed by atoms with Gasteiger partial charge in [-0.1, -0.05) is 11.6 Å². The lowest BCUT2D eigenvalue weighted by molar-refractivity contribution is 0.0731. The molecule has 0 saturated carbocycles. The van der Waals surface area contributed by atoms with Crippen LogP contribution in [-0.2, 0) is 0 Å². The van der Waals surface area contributed by atoms with Crippen molar-refractivity contribution >= 4 is 5.91 Å². The van der Waals surface area contributed by atoms with Crippen LogP contribution in [0.5, 0.6) is 23.0 Å². The zero-order valence-electron chi connectivity index (χ0n) is 19.0. The molecule has 1 aliphatic rings. The van der Waals surface area contributed by atoms with Gasteiger partial charge in [-0.25, -0.2) is 0 Å². The number of fused-ring (bicyclic) bond motifs is 1. The van der Waals surface area contributed by atoms with Crippen LogP contribution in [0.4, 0.5) is 0 Å². The molecule has 0 spiro atoms. The number of aromatic nitrogens is 2. The average molecular weight is 453 g/mol. The Balaban J connectivity index is 1.95. The van der Waals surface area contributed by atoms with Crippen molar-refractivity contribution in [2.45, 2.75) is 19.4 Å². The van der Waals surface area contributed by atoms with Crippen molar-refractivity contribution < 1.29 is 29.2 Å². The van der Waals surface area contributed by atoms with Crippen molar-refractivity contribution in [1.82, 2.24) is 15.1 Å². The first-order valence-electron chi connectivity index (χ1n) is 10.5. The first-order chi connectivity index (χ1) is 15.9. The Morgan fingerprint density at radius 3 is 2.39 bits per heavy atom. The maximum absolute atomic E-state index is 13.3. The van der Waals surface area contributed by atoms with Crippen LogP contribution in [0.25, 0.3) is 11.3 Å². The van der Waals surface area contributed by atoms with E-state index in [1.165, 1.54) is 21.3 Å². The summed E-state index contributed by atoms with van der Waals surface area (Å²) >= 11 is 0. The summed E-state index contributed by atoms with van der Waals surface area (Å²) in [7, 11) is 4.59. The smallest absolute Gasteiger partial charge is 0.273 e. The van der Waals surface area contributed by atoms with Crippen LogP contribution in [0, 0.1) is 6.92 Å². The van der Waals surface area contributed by atoms with Gasteiger partial charge < -0.3 is 29.3 Å². The molecule has 0 radical (unpaired) electrons. The van der Waals surface area contributed by atoms with Crippen LogP contribution >= 0.6 is 0 Å². The van der Waals surface area contributed by atoms with E-state index in [-0.39, 0.29) is 18.3 Å². The number of methoxy groups -OCH3 is 3. The standard InChI is InChI=1S/C24H27N3O6/c1-13-6-7-16(29)15(10-13)20-19-21(26-25-20)24(30)27(8-5-9-28)22(19)14-11-17(31-2)23(33-4)18(12-14)32-3/h6-7,10-12,22,28-29H,5,8-9H2,1-4H3,(H,25,26)/t22-/m1/s1. The number of H-pyrrole nitrogens is 1. The molecule has 1 aromatic heterocycles. The number of nitrogens with one attached hydrogen (secondary N) is 1. The van der Waals surface area contributed by atoms with E-state index >= 15 is 0 Å². The van der Waals surface area contributed by atoms with Gasteiger partial charge in [0.15, 0.2) is 11.5 Å². The molecular weight excluding hydrogens is 426 g/mol. The molecule has 4 rings (SSSR count). The van der Waals surface area contributed by atoms with E-state index in [4.69, 9.17) is 14.2 Å². The molecule has 9 nitrogen and oxygen atoms in total. The number of carbonyl (C=O) groups excluding carboxylic acids is 1. The van der Waals surface area contributed by atoms with Crippen LogP contribution in [0.15, 0.2) is 30.3 Å². The predicted molar refractivity (Wildman–Crippen MR) is 121 cm³/mol. The summed E-state index contributed by atoms with van der Waals surface area (Å²) in [6.07, 6.45) is 0.412. The summed E-state index contributed by atoms with van der Waals surface area (Å²) in [4.78, 5) is 15.0. The number of nitrogens with zero attached hydrogens (tertiary/aromatic N) is 2. The Kier molecular flexibility index (Phi) is 6.15. The third kappa shape index (κ3) is 3.74. The van der Waals surface area contributed by atoms with Crippen molar-refractivity contribution in [2.75, 3.05) is 34.5 Å². The number of aryl methyl sites for hydroxylation is 1. The van der Waals surface area contributed by atoms with Crippen molar-refractivity contribution in [3.8, 4) is 34.3 Å². The number of benzene rings is 2. The highest BCUT2D eigenvalue weighted by Crippen LogP contribution is 2.48. The van der Waals surface area contributed by atoms with Crippen molar-refractivity contribution in [2.24, 2.45) is 0 Å². The zero-order valence-corrected chi connectivity index (χ0v) is 19.0. The third-order valence-corrected chi connectivity index (χ3v) is 5.83. The number of hydrogen-bond acceptors (Lipinski definition) is 7. The van der Waals surface area contributed by atoms with E-state index in [1.54, 1.807) is 29.2 Å². The monoisotopic (exact) mass is 453 g/mol. The summed E-state index contributed by atoms with van der Waals surface area (Å²) in [6, 6.07) is 8.31. The van der Waals surface area contributed by atoms with Gasteiger partial charge in [-0.15, -0.1) is 0 Å². The number of carbonyl (C=O) groups is 1. The number of aromatic hydroxyl groups is 1. The summed E-state index contributed by atoms with van der Waals surface area (Å²) in [6.45, 7) is 2.20. The molecule has 9 heteroatoms. The maximum Gasteiger partial charge on any atom is 0.273 e. The number of ether oxygens (including phenoxy) is 3. The summed E-state index contributed by atoms with van der Waals surface area (Å²) in [5.41, 5.74) is 3.69. The van der Waals surface area contributed by atoms with E-state index in [0.29, 0.717) is 52.7 Å². The minimum absolute atomic E-state index is 0.0521. The van der Waals surface area contributed by atoms with Gasteiger partial charge in [0.25, 0.3) is 5.91 Å². The lowest BCUT2D eigenvalue weighted by Gasteiger charge is -2.27. The minimum atomic E-state index is -0.540. The number of hydrogen-bond donors (Lipinski definition) is 3. The molecule has 0 unspecified atom stereocenters. The molecule has 1 aliphatic heterocycles. The molecule has 0 bridgehead atoms. The average Bonchev–Trinajstić information content (AvgIpc) is 3.36. The Hall–Kier alpha value is -3.72. The van der Waals surface area contributed by atoms with Gasteiger partial charge in [0, 0.05) is 24.3 Å². The number of aliphatic hydroxyl groups excluding tert-OH is 1. The van der Waals surface area contributed by atoms with Crippen LogP contribution in [-0.4, -0.2) is 65.7 Å². The van der Waals surface area contributed by atoms with Crippen LogP contribution in [0.2, 0.25) is 0 Å². The fraction of sp³-hybridized carbons (Fsp3) is 0.333. The number of rotatable bonds is 8. The fourth-order valence-electron chi connectivity index (χ4n) is 4.32. The molecule has 33 heavy (non-hydrogen) atoms. The molecule has 0 fully saturated rings. The molecule has 1 amide bonds. The van der Waals surface area contributed by atoms with E-state index in [9.17, 15) is 15.0 Å². The zero-order chi connectivity index (χ0) is 23.7. The Labute approximate surface area is 191 Å².